The Hall–Kier alpha value is -2.76. The van der Waals surface area contributed by atoms with Crippen molar-refractivity contribution in [3.63, 3.8) is 0 Å². The van der Waals surface area contributed by atoms with Crippen molar-refractivity contribution in [2.24, 2.45) is 0 Å². The number of urea groups is 1. The van der Waals surface area contributed by atoms with Gasteiger partial charge in [0.15, 0.2) is 11.5 Å². The number of methoxy groups -OCH3 is 2. The Balaban J connectivity index is 2.02. The van der Waals surface area contributed by atoms with Crippen LogP contribution in [0, 0.1) is 0 Å². The third kappa shape index (κ3) is 3.88. The Morgan fingerprint density at radius 3 is 2.64 bits per heavy atom. The van der Waals surface area contributed by atoms with Crippen LogP contribution >= 0.6 is 0 Å². The van der Waals surface area contributed by atoms with Gasteiger partial charge in [0.2, 0.25) is 0 Å². The number of ether oxygens (including phenoxy) is 2. The van der Waals surface area contributed by atoms with Crippen molar-refractivity contribution in [3.8, 4) is 11.5 Å². The molecule has 2 aromatic rings. The summed E-state index contributed by atoms with van der Waals surface area (Å²) in [5.41, 5.74) is 1.60. The number of rotatable bonds is 5. The highest BCUT2D eigenvalue weighted by Crippen LogP contribution is 2.27. The van der Waals surface area contributed by atoms with Gasteiger partial charge >= 0.3 is 6.03 Å². The highest BCUT2D eigenvalue weighted by Gasteiger charge is 2.11. The predicted molar refractivity (Wildman–Crippen MR) is 84.3 cm³/mol. The molecule has 1 aromatic heterocycles. The molecule has 0 saturated heterocycles. The highest BCUT2D eigenvalue weighted by molar-refractivity contribution is 5.88. The van der Waals surface area contributed by atoms with Gasteiger partial charge in [0.25, 0.3) is 0 Å². The number of amides is 2. The topological polar surface area (TPSA) is 63.7 Å². The van der Waals surface area contributed by atoms with Gasteiger partial charge in [0.05, 0.1) is 26.1 Å². The third-order valence-corrected chi connectivity index (χ3v) is 3.13. The first kappa shape index (κ1) is 15.6. The van der Waals surface area contributed by atoms with Gasteiger partial charge in [-0.25, -0.2) is 4.79 Å². The van der Waals surface area contributed by atoms with Gasteiger partial charge < -0.3 is 19.7 Å². The summed E-state index contributed by atoms with van der Waals surface area (Å²) in [6.45, 7) is 0.451. The highest BCUT2D eigenvalue weighted by atomic mass is 16.5. The fraction of sp³-hybridized carbons (Fsp3) is 0.250. The van der Waals surface area contributed by atoms with Crippen molar-refractivity contribution < 1.29 is 14.3 Å². The van der Waals surface area contributed by atoms with E-state index < -0.39 is 0 Å². The summed E-state index contributed by atoms with van der Waals surface area (Å²) >= 11 is 0. The predicted octanol–water partition coefficient (Wildman–Crippen LogP) is 2.76. The molecule has 2 amide bonds. The first-order valence-corrected chi connectivity index (χ1v) is 6.77. The Morgan fingerprint density at radius 2 is 2.00 bits per heavy atom. The van der Waals surface area contributed by atoms with Gasteiger partial charge in [-0.05, 0) is 29.8 Å². The molecule has 0 unspecified atom stereocenters. The van der Waals surface area contributed by atoms with Crippen LogP contribution in [0.25, 0.3) is 0 Å². The molecule has 116 valence electrons. The van der Waals surface area contributed by atoms with Gasteiger partial charge in [-0.3, -0.25) is 4.98 Å². The monoisotopic (exact) mass is 301 g/mol. The summed E-state index contributed by atoms with van der Waals surface area (Å²) in [6.07, 6.45) is 3.26. The second-order valence-electron chi connectivity index (χ2n) is 4.72. The number of carbonyl (C=O) groups excluding carboxylic acids is 1. The van der Waals surface area contributed by atoms with E-state index in [0.717, 1.165) is 5.56 Å². The van der Waals surface area contributed by atoms with Crippen LogP contribution < -0.4 is 14.8 Å². The molecule has 0 aliphatic rings. The number of hydrogen-bond donors (Lipinski definition) is 1. The van der Waals surface area contributed by atoms with E-state index in [4.69, 9.17) is 9.47 Å². The number of aromatic nitrogens is 1. The maximum absolute atomic E-state index is 12.1. The van der Waals surface area contributed by atoms with Crippen LogP contribution in [0.2, 0.25) is 0 Å². The summed E-state index contributed by atoms with van der Waals surface area (Å²) < 4.78 is 10.5. The second-order valence-corrected chi connectivity index (χ2v) is 4.72. The SMILES string of the molecule is COc1ccc(CN(C)C(=O)Nc2cccnc2)cc1OC. The Labute approximate surface area is 129 Å². The lowest BCUT2D eigenvalue weighted by Crippen LogP contribution is -2.30. The lowest BCUT2D eigenvalue weighted by Gasteiger charge is -2.18. The average molecular weight is 301 g/mol. The quantitative estimate of drug-likeness (QED) is 0.922. The maximum Gasteiger partial charge on any atom is 0.321 e. The normalized spacial score (nSPS) is 9.95. The van der Waals surface area contributed by atoms with E-state index in [1.165, 1.54) is 0 Å². The number of carbonyl (C=O) groups is 1. The summed E-state index contributed by atoms with van der Waals surface area (Å²) in [7, 11) is 4.90. The van der Waals surface area contributed by atoms with Crippen LogP contribution in [-0.2, 0) is 6.54 Å². The van der Waals surface area contributed by atoms with Crippen molar-refractivity contribution in [1.29, 1.82) is 0 Å². The van der Waals surface area contributed by atoms with E-state index in [9.17, 15) is 4.79 Å². The zero-order chi connectivity index (χ0) is 15.9. The fourth-order valence-electron chi connectivity index (χ4n) is 1.98. The minimum atomic E-state index is -0.206. The summed E-state index contributed by atoms with van der Waals surface area (Å²) in [6, 6.07) is 8.92. The zero-order valence-electron chi connectivity index (χ0n) is 12.9. The standard InChI is InChI=1S/C16H19N3O3/c1-19(16(20)18-13-5-4-8-17-10-13)11-12-6-7-14(21-2)15(9-12)22-3/h4-10H,11H2,1-3H3,(H,18,20). The van der Waals surface area contributed by atoms with Crippen LogP contribution in [0.1, 0.15) is 5.56 Å². The van der Waals surface area contributed by atoms with E-state index >= 15 is 0 Å². The van der Waals surface area contributed by atoms with Crippen molar-refractivity contribution in [2.45, 2.75) is 6.54 Å². The molecule has 0 saturated carbocycles. The Bertz CT molecular complexity index is 632. The first-order chi connectivity index (χ1) is 10.6. The zero-order valence-corrected chi connectivity index (χ0v) is 12.9. The van der Waals surface area contributed by atoms with E-state index in [-0.39, 0.29) is 6.03 Å². The van der Waals surface area contributed by atoms with E-state index in [1.54, 1.807) is 50.7 Å². The largest absolute Gasteiger partial charge is 0.493 e. The van der Waals surface area contributed by atoms with Crippen molar-refractivity contribution >= 4 is 11.7 Å². The molecule has 22 heavy (non-hydrogen) atoms. The van der Waals surface area contributed by atoms with Gasteiger partial charge in [-0.2, -0.15) is 0 Å². The number of nitrogens with zero attached hydrogens (tertiary/aromatic N) is 2. The number of nitrogens with one attached hydrogen (secondary N) is 1. The number of pyridine rings is 1. The van der Waals surface area contributed by atoms with Crippen LogP contribution in [0.15, 0.2) is 42.7 Å². The fourth-order valence-corrected chi connectivity index (χ4v) is 1.98. The molecular weight excluding hydrogens is 282 g/mol. The van der Waals surface area contributed by atoms with Crippen molar-refractivity contribution in [2.75, 3.05) is 26.6 Å². The molecule has 1 N–H and O–H groups in total. The summed E-state index contributed by atoms with van der Waals surface area (Å²) in [5.74, 6) is 1.30. The molecule has 1 aromatic carbocycles. The lowest BCUT2D eigenvalue weighted by molar-refractivity contribution is 0.220. The molecule has 0 aliphatic heterocycles. The Morgan fingerprint density at radius 1 is 1.23 bits per heavy atom. The average Bonchev–Trinajstić information content (AvgIpc) is 2.55. The molecule has 0 aliphatic carbocycles. The number of anilines is 1. The molecule has 0 atom stereocenters. The molecule has 0 spiro atoms. The van der Waals surface area contributed by atoms with E-state index in [2.05, 4.69) is 10.3 Å². The number of benzene rings is 1. The second kappa shape index (κ2) is 7.31. The molecule has 0 radical (unpaired) electrons. The number of hydrogen-bond acceptors (Lipinski definition) is 4. The molecule has 0 fully saturated rings. The minimum absolute atomic E-state index is 0.206. The molecule has 2 rings (SSSR count). The smallest absolute Gasteiger partial charge is 0.321 e. The van der Waals surface area contributed by atoms with E-state index in [1.807, 2.05) is 18.2 Å². The van der Waals surface area contributed by atoms with Crippen LogP contribution in [0.5, 0.6) is 11.5 Å². The third-order valence-electron chi connectivity index (χ3n) is 3.13. The van der Waals surface area contributed by atoms with E-state index in [0.29, 0.717) is 23.7 Å². The molecular formula is C16H19N3O3. The first-order valence-electron chi connectivity index (χ1n) is 6.77. The van der Waals surface area contributed by atoms with Crippen LogP contribution in [0.3, 0.4) is 0 Å². The molecule has 1 heterocycles. The van der Waals surface area contributed by atoms with Gasteiger partial charge in [-0.1, -0.05) is 6.07 Å². The molecule has 6 heteroatoms. The van der Waals surface area contributed by atoms with Gasteiger partial charge in [-0.15, -0.1) is 0 Å². The minimum Gasteiger partial charge on any atom is -0.493 e. The summed E-state index contributed by atoms with van der Waals surface area (Å²) in [4.78, 5) is 17.7. The summed E-state index contributed by atoms with van der Waals surface area (Å²) in [5, 5.41) is 2.78. The lowest BCUT2D eigenvalue weighted by atomic mass is 10.2. The van der Waals surface area contributed by atoms with Gasteiger partial charge in [0, 0.05) is 19.8 Å². The maximum atomic E-state index is 12.1. The molecule has 6 nitrogen and oxygen atoms in total. The molecule has 0 bridgehead atoms. The van der Waals surface area contributed by atoms with Crippen LogP contribution in [0.4, 0.5) is 10.5 Å². The van der Waals surface area contributed by atoms with Gasteiger partial charge in [0.1, 0.15) is 0 Å². The van der Waals surface area contributed by atoms with Crippen molar-refractivity contribution in [3.05, 3.63) is 48.3 Å². The van der Waals surface area contributed by atoms with Crippen LogP contribution in [-0.4, -0.2) is 37.2 Å². The Kier molecular flexibility index (Phi) is 5.19. The van der Waals surface area contributed by atoms with Crippen molar-refractivity contribution in [1.82, 2.24) is 9.88 Å².